The van der Waals surface area contributed by atoms with Gasteiger partial charge in [-0.3, -0.25) is 0 Å². The van der Waals surface area contributed by atoms with E-state index in [9.17, 15) is 4.79 Å². The van der Waals surface area contributed by atoms with E-state index in [-0.39, 0.29) is 17.3 Å². The minimum Gasteiger partial charge on any atom is -0.489 e. The van der Waals surface area contributed by atoms with Crippen LogP contribution in [0.5, 0.6) is 5.75 Å². The maximum absolute atomic E-state index is 11.4. The molecule has 1 aliphatic heterocycles. The molecule has 3 rings (SSSR count). The highest BCUT2D eigenvalue weighted by molar-refractivity contribution is 5.77. The Kier molecular flexibility index (Phi) is 7.63. The second kappa shape index (κ2) is 10.1. The molecule has 1 atom stereocenters. The summed E-state index contributed by atoms with van der Waals surface area (Å²) in [6, 6.07) is 8.71. The highest BCUT2D eigenvalue weighted by Gasteiger charge is 2.46. The summed E-state index contributed by atoms with van der Waals surface area (Å²) in [5, 5.41) is 0.880. The van der Waals surface area contributed by atoms with Crippen LogP contribution in [0.3, 0.4) is 0 Å². The van der Waals surface area contributed by atoms with Crippen molar-refractivity contribution in [2.45, 2.75) is 84.7 Å². The molecule has 0 amide bonds. The smallest absolute Gasteiger partial charge is 0.336 e. The van der Waals surface area contributed by atoms with Gasteiger partial charge in [0.05, 0.1) is 11.7 Å². The van der Waals surface area contributed by atoms with E-state index in [1.807, 2.05) is 26.0 Å². The van der Waals surface area contributed by atoms with Gasteiger partial charge < -0.3 is 18.6 Å². The van der Waals surface area contributed by atoms with Crippen LogP contribution in [0.4, 0.5) is 0 Å². The molecule has 5 heteroatoms. The molecule has 5 nitrogen and oxygen atoms in total. The van der Waals surface area contributed by atoms with Crippen molar-refractivity contribution < 1.29 is 18.6 Å². The number of fused-ring (bicyclic) bond motifs is 1. The van der Waals surface area contributed by atoms with Crippen LogP contribution in [0.1, 0.15) is 67.2 Å². The fourth-order valence-corrected chi connectivity index (χ4v) is 4.13. The molecule has 1 saturated heterocycles. The Bertz CT molecular complexity index is 1040. The van der Waals surface area contributed by atoms with Crippen molar-refractivity contribution in [2.75, 3.05) is 6.61 Å². The average molecular weight is 441 g/mol. The van der Waals surface area contributed by atoms with E-state index in [1.165, 1.54) is 17.2 Å². The van der Waals surface area contributed by atoms with Gasteiger partial charge in [0.2, 0.25) is 0 Å². The summed E-state index contributed by atoms with van der Waals surface area (Å²) in [7, 11) is 0. The molecular formula is C27H36O5. The molecule has 0 aliphatic carbocycles. The number of hydrogen-bond donors (Lipinski definition) is 0. The lowest BCUT2D eigenvalue weighted by atomic mass is 9.95. The molecule has 2 heterocycles. The zero-order chi connectivity index (χ0) is 23.4. The van der Waals surface area contributed by atoms with Gasteiger partial charge in [-0.15, -0.1) is 0 Å². The van der Waals surface area contributed by atoms with Crippen molar-refractivity contribution in [3.8, 4) is 5.75 Å². The van der Waals surface area contributed by atoms with Crippen LogP contribution in [-0.4, -0.2) is 24.1 Å². The molecule has 174 valence electrons. The second-order valence-corrected chi connectivity index (χ2v) is 9.66. The lowest BCUT2D eigenvalue weighted by molar-refractivity contribution is -0.157. The fraction of sp³-hybridized carbons (Fsp3) is 0.519. The van der Waals surface area contributed by atoms with Crippen molar-refractivity contribution in [3.63, 3.8) is 0 Å². The Morgan fingerprint density at radius 2 is 1.75 bits per heavy atom. The highest BCUT2D eigenvalue weighted by atomic mass is 16.8. The van der Waals surface area contributed by atoms with Crippen LogP contribution in [0.25, 0.3) is 11.0 Å². The quantitative estimate of drug-likeness (QED) is 0.327. The number of ether oxygens (including phenoxy) is 3. The third-order valence-electron chi connectivity index (χ3n) is 5.82. The van der Waals surface area contributed by atoms with E-state index in [0.717, 1.165) is 31.1 Å². The van der Waals surface area contributed by atoms with Crippen molar-refractivity contribution in [1.29, 1.82) is 0 Å². The third kappa shape index (κ3) is 6.81. The molecule has 1 aliphatic rings. The highest BCUT2D eigenvalue weighted by Crippen LogP contribution is 2.38. The van der Waals surface area contributed by atoms with Crippen LogP contribution in [0, 0.1) is 0 Å². The van der Waals surface area contributed by atoms with Gasteiger partial charge in [-0.1, -0.05) is 17.2 Å². The van der Waals surface area contributed by atoms with Gasteiger partial charge in [0.15, 0.2) is 5.79 Å². The summed E-state index contributed by atoms with van der Waals surface area (Å²) in [4.78, 5) is 11.4. The summed E-state index contributed by atoms with van der Waals surface area (Å²) in [6.07, 6.45) is 8.51. The van der Waals surface area contributed by atoms with Gasteiger partial charge in [0, 0.05) is 17.5 Å². The minimum absolute atomic E-state index is 0.114. The van der Waals surface area contributed by atoms with E-state index < -0.39 is 5.79 Å². The first-order valence-electron chi connectivity index (χ1n) is 11.4. The van der Waals surface area contributed by atoms with Crippen LogP contribution < -0.4 is 10.4 Å². The normalized spacial score (nSPS) is 20.6. The van der Waals surface area contributed by atoms with Crippen molar-refractivity contribution in [2.24, 2.45) is 0 Å². The van der Waals surface area contributed by atoms with Crippen LogP contribution >= 0.6 is 0 Å². The Balaban J connectivity index is 1.41. The van der Waals surface area contributed by atoms with Gasteiger partial charge in [-0.2, -0.15) is 0 Å². The standard InChI is InChI=1S/C27H36O5/c1-19(10-14-24-26(3,4)32-27(5,6)31-24)8-7-9-20(2)16-17-29-22-13-11-21-12-15-25(28)30-23(21)18-22/h8,11-13,15-16,18,24H,7,9-10,14,17H2,1-6H3/b19-8+,20-16+/t24-/m1/s1. The van der Waals surface area contributed by atoms with Crippen LogP contribution in [-0.2, 0) is 9.47 Å². The molecule has 0 saturated carbocycles. The summed E-state index contributed by atoms with van der Waals surface area (Å²) < 4.78 is 23.1. The van der Waals surface area contributed by atoms with Crippen molar-refractivity contribution >= 4 is 11.0 Å². The predicted octanol–water partition coefficient (Wildman–Crippen LogP) is 6.55. The van der Waals surface area contributed by atoms with E-state index in [0.29, 0.717) is 17.9 Å². The van der Waals surface area contributed by atoms with Crippen LogP contribution in [0.15, 0.2) is 62.8 Å². The van der Waals surface area contributed by atoms with Gasteiger partial charge in [-0.05, 0) is 91.5 Å². The molecule has 2 aromatic rings. The second-order valence-electron chi connectivity index (χ2n) is 9.66. The largest absolute Gasteiger partial charge is 0.489 e. The molecule has 32 heavy (non-hydrogen) atoms. The van der Waals surface area contributed by atoms with Crippen molar-refractivity contribution in [3.05, 3.63) is 64.1 Å². The third-order valence-corrected chi connectivity index (χ3v) is 5.82. The summed E-state index contributed by atoms with van der Waals surface area (Å²) in [6.45, 7) is 13.0. The predicted molar refractivity (Wildman–Crippen MR) is 128 cm³/mol. The lowest BCUT2D eigenvalue weighted by Crippen LogP contribution is -2.33. The number of benzene rings is 1. The van der Waals surface area contributed by atoms with Gasteiger partial charge in [0.1, 0.15) is 17.9 Å². The lowest BCUT2D eigenvalue weighted by Gasteiger charge is -2.24. The zero-order valence-electron chi connectivity index (χ0n) is 20.2. The first-order chi connectivity index (χ1) is 15.0. The zero-order valence-corrected chi connectivity index (χ0v) is 20.2. The van der Waals surface area contributed by atoms with E-state index in [2.05, 4.69) is 39.8 Å². The summed E-state index contributed by atoms with van der Waals surface area (Å²) in [5.74, 6) is 0.187. The molecule has 0 N–H and O–H groups in total. The SMILES string of the molecule is C/C(=C\COc1ccc2ccc(=O)oc2c1)CC/C=C(\C)CC[C@H]1OC(C)(C)OC1(C)C. The minimum atomic E-state index is -0.504. The number of allylic oxidation sites excluding steroid dienone is 3. The molecule has 0 radical (unpaired) electrons. The average Bonchev–Trinajstić information content (AvgIpc) is 2.92. The molecule has 0 bridgehead atoms. The van der Waals surface area contributed by atoms with Gasteiger partial charge in [0.25, 0.3) is 0 Å². The van der Waals surface area contributed by atoms with Gasteiger partial charge >= 0.3 is 5.63 Å². The maximum Gasteiger partial charge on any atom is 0.336 e. The first kappa shape index (κ1) is 24.3. The fourth-order valence-electron chi connectivity index (χ4n) is 4.13. The number of hydrogen-bond acceptors (Lipinski definition) is 5. The molecule has 1 aromatic heterocycles. The number of rotatable bonds is 9. The van der Waals surface area contributed by atoms with E-state index >= 15 is 0 Å². The molecule has 1 aromatic carbocycles. The topological polar surface area (TPSA) is 57.9 Å². The first-order valence-corrected chi connectivity index (χ1v) is 11.4. The maximum atomic E-state index is 11.4. The van der Waals surface area contributed by atoms with Crippen LogP contribution in [0.2, 0.25) is 0 Å². The monoisotopic (exact) mass is 440 g/mol. The Hall–Kier alpha value is -2.37. The molecule has 0 unspecified atom stereocenters. The molecular weight excluding hydrogens is 404 g/mol. The Morgan fingerprint density at radius 1 is 1.03 bits per heavy atom. The van der Waals surface area contributed by atoms with E-state index in [1.54, 1.807) is 12.1 Å². The van der Waals surface area contributed by atoms with Gasteiger partial charge in [-0.25, -0.2) is 4.79 Å². The Labute approximate surface area is 191 Å². The summed E-state index contributed by atoms with van der Waals surface area (Å²) >= 11 is 0. The molecule has 0 spiro atoms. The van der Waals surface area contributed by atoms with E-state index in [4.69, 9.17) is 18.6 Å². The summed E-state index contributed by atoms with van der Waals surface area (Å²) in [5.41, 5.74) is 2.61. The van der Waals surface area contributed by atoms with Crippen molar-refractivity contribution in [1.82, 2.24) is 0 Å². The molecule has 1 fully saturated rings. The Morgan fingerprint density at radius 3 is 2.47 bits per heavy atom.